The van der Waals surface area contributed by atoms with Gasteiger partial charge in [0.15, 0.2) is 0 Å². The van der Waals surface area contributed by atoms with Gasteiger partial charge in [-0.2, -0.15) is 5.10 Å². The van der Waals surface area contributed by atoms with Crippen LogP contribution in [0.15, 0.2) is 29.0 Å². The van der Waals surface area contributed by atoms with Crippen molar-refractivity contribution in [3.63, 3.8) is 0 Å². The zero-order valence-electron chi connectivity index (χ0n) is 12.2. The summed E-state index contributed by atoms with van der Waals surface area (Å²) in [7, 11) is 0. The molecule has 0 radical (unpaired) electrons. The number of rotatable bonds is 5. The highest BCUT2D eigenvalue weighted by Gasteiger charge is 2.16. The van der Waals surface area contributed by atoms with Gasteiger partial charge < -0.3 is 15.5 Å². The number of thiophene rings is 1. The molecular formula is C16H16N4OS. The molecule has 5 nitrogen and oxygen atoms in total. The van der Waals surface area contributed by atoms with E-state index >= 15 is 0 Å². The first-order chi connectivity index (χ1) is 10.7. The van der Waals surface area contributed by atoms with Crippen molar-refractivity contribution in [3.05, 3.63) is 40.8 Å². The predicted octanol–water partition coefficient (Wildman–Crippen LogP) is 2.77. The molecule has 0 aromatic carbocycles. The minimum absolute atomic E-state index is 0.0487. The van der Waals surface area contributed by atoms with Crippen molar-refractivity contribution < 1.29 is 4.42 Å². The van der Waals surface area contributed by atoms with E-state index in [9.17, 15) is 0 Å². The zero-order valence-corrected chi connectivity index (χ0v) is 13.0. The van der Waals surface area contributed by atoms with E-state index in [1.165, 1.54) is 0 Å². The molecule has 0 unspecified atom stereocenters. The second-order valence-electron chi connectivity index (χ2n) is 5.09. The van der Waals surface area contributed by atoms with E-state index in [4.69, 9.17) is 16.6 Å². The van der Waals surface area contributed by atoms with Crippen LogP contribution in [0.5, 0.6) is 0 Å². The van der Waals surface area contributed by atoms with E-state index in [1.807, 2.05) is 19.1 Å². The number of aromatic nitrogens is 2. The summed E-state index contributed by atoms with van der Waals surface area (Å²) in [6, 6.07) is 3.83. The maximum absolute atomic E-state index is 5.90. The number of nitrogens with two attached hydrogens (primary N) is 1. The van der Waals surface area contributed by atoms with E-state index < -0.39 is 0 Å². The molecule has 0 aliphatic rings. The van der Waals surface area contributed by atoms with Crippen LogP contribution in [0.25, 0.3) is 10.2 Å². The molecule has 0 saturated heterocycles. The summed E-state index contributed by atoms with van der Waals surface area (Å²) in [5.74, 6) is 3.58. The number of hydrogen-bond donors (Lipinski definition) is 2. The van der Waals surface area contributed by atoms with Gasteiger partial charge in [-0.25, -0.2) is 0 Å². The topological polar surface area (TPSA) is 77.0 Å². The fraction of sp³-hybridized carbons (Fsp3) is 0.250. The summed E-state index contributed by atoms with van der Waals surface area (Å²) in [6.07, 6.45) is 9.74. The summed E-state index contributed by atoms with van der Waals surface area (Å²) in [5, 5.41) is 11.6. The zero-order chi connectivity index (χ0) is 15.5. The SMILES string of the molecule is C#Cc1c(C[C@H](C)N)sc2c(NCc3ccco3)cnnc12. The van der Waals surface area contributed by atoms with Crippen molar-refractivity contribution in [2.45, 2.75) is 25.9 Å². The molecule has 3 aromatic heterocycles. The first-order valence-corrected chi connectivity index (χ1v) is 7.76. The third-order valence-electron chi connectivity index (χ3n) is 3.23. The molecule has 0 spiro atoms. The van der Waals surface area contributed by atoms with Crippen LogP contribution in [0, 0.1) is 12.3 Å². The van der Waals surface area contributed by atoms with Gasteiger partial charge in [0.25, 0.3) is 0 Å². The minimum Gasteiger partial charge on any atom is -0.467 e. The number of nitrogens with one attached hydrogen (secondary N) is 1. The first kappa shape index (κ1) is 14.6. The Morgan fingerprint density at radius 1 is 1.55 bits per heavy atom. The van der Waals surface area contributed by atoms with Crippen molar-refractivity contribution in [2.75, 3.05) is 5.32 Å². The smallest absolute Gasteiger partial charge is 0.122 e. The van der Waals surface area contributed by atoms with Crippen LogP contribution in [-0.2, 0) is 13.0 Å². The van der Waals surface area contributed by atoms with E-state index in [0.29, 0.717) is 6.54 Å². The minimum atomic E-state index is 0.0487. The van der Waals surface area contributed by atoms with Crippen molar-refractivity contribution >= 4 is 27.2 Å². The van der Waals surface area contributed by atoms with E-state index in [0.717, 1.165) is 38.5 Å². The van der Waals surface area contributed by atoms with Crippen LogP contribution >= 0.6 is 11.3 Å². The van der Waals surface area contributed by atoms with Crippen molar-refractivity contribution in [2.24, 2.45) is 5.73 Å². The third kappa shape index (κ3) is 2.82. The second kappa shape index (κ2) is 6.18. The van der Waals surface area contributed by atoms with Crippen LogP contribution in [0.3, 0.4) is 0 Å². The van der Waals surface area contributed by atoms with Gasteiger partial charge in [-0.15, -0.1) is 22.9 Å². The van der Waals surface area contributed by atoms with Gasteiger partial charge >= 0.3 is 0 Å². The Morgan fingerprint density at radius 2 is 2.41 bits per heavy atom. The summed E-state index contributed by atoms with van der Waals surface area (Å²) in [4.78, 5) is 1.08. The predicted molar refractivity (Wildman–Crippen MR) is 88.7 cm³/mol. The van der Waals surface area contributed by atoms with Crippen LogP contribution < -0.4 is 11.1 Å². The van der Waals surface area contributed by atoms with Crippen LogP contribution in [0.4, 0.5) is 5.69 Å². The Hall–Kier alpha value is -2.36. The molecule has 3 N–H and O–H groups in total. The number of nitrogens with zero attached hydrogens (tertiary/aromatic N) is 2. The Balaban J connectivity index is 1.97. The fourth-order valence-electron chi connectivity index (χ4n) is 2.26. The number of anilines is 1. The molecule has 3 rings (SSSR count). The van der Waals surface area contributed by atoms with E-state index in [2.05, 4.69) is 21.4 Å². The van der Waals surface area contributed by atoms with Gasteiger partial charge in [-0.3, -0.25) is 0 Å². The summed E-state index contributed by atoms with van der Waals surface area (Å²) >= 11 is 1.62. The van der Waals surface area contributed by atoms with Gasteiger partial charge in [0.1, 0.15) is 11.3 Å². The third-order valence-corrected chi connectivity index (χ3v) is 4.46. The maximum atomic E-state index is 5.90. The first-order valence-electron chi connectivity index (χ1n) is 6.94. The Labute approximate surface area is 132 Å². The number of hydrogen-bond acceptors (Lipinski definition) is 6. The Bertz CT molecular complexity index is 815. The molecule has 0 aliphatic heterocycles. The molecule has 6 heteroatoms. The monoisotopic (exact) mass is 312 g/mol. The average Bonchev–Trinajstić information content (AvgIpc) is 3.11. The second-order valence-corrected chi connectivity index (χ2v) is 6.20. The lowest BCUT2D eigenvalue weighted by atomic mass is 10.1. The van der Waals surface area contributed by atoms with Gasteiger partial charge in [-0.1, -0.05) is 5.92 Å². The molecule has 112 valence electrons. The Kier molecular flexibility index (Phi) is 4.09. The summed E-state index contributed by atoms with van der Waals surface area (Å²) in [5.41, 5.74) is 8.36. The average molecular weight is 312 g/mol. The number of terminal acetylenes is 1. The molecule has 22 heavy (non-hydrogen) atoms. The number of fused-ring (bicyclic) bond motifs is 1. The fourth-order valence-corrected chi connectivity index (χ4v) is 3.58. The highest BCUT2D eigenvalue weighted by Crippen LogP contribution is 2.34. The van der Waals surface area contributed by atoms with E-state index in [1.54, 1.807) is 23.8 Å². The van der Waals surface area contributed by atoms with Crippen LogP contribution in [0.2, 0.25) is 0 Å². The summed E-state index contributed by atoms with van der Waals surface area (Å²) in [6.45, 7) is 2.55. The highest BCUT2D eigenvalue weighted by molar-refractivity contribution is 7.20. The van der Waals surface area contributed by atoms with Crippen molar-refractivity contribution in [3.8, 4) is 12.3 Å². The van der Waals surface area contributed by atoms with Gasteiger partial charge in [0.2, 0.25) is 0 Å². The highest BCUT2D eigenvalue weighted by atomic mass is 32.1. The van der Waals surface area contributed by atoms with Gasteiger partial charge in [-0.05, 0) is 25.5 Å². The number of furan rings is 1. The van der Waals surface area contributed by atoms with Crippen LogP contribution in [-0.4, -0.2) is 16.2 Å². The summed E-state index contributed by atoms with van der Waals surface area (Å²) < 4.78 is 6.33. The molecule has 0 fully saturated rings. The van der Waals surface area contributed by atoms with E-state index in [-0.39, 0.29) is 6.04 Å². The maximum Gasteiger partial charge on any atom is 0.122 e. The normalized spacial score (nSPS) is 12.2. The lowest BCUT2D eigenvalue weighted by Crippen LogP contribution is -2.17. The lowest BCUT2D eigenvalue weighted by molar-refractivity contribution is 0.518. The van der Waals surface area contributed by atoms with Gasteiger partial charge in [0, 0.05) is 10.9 Å². The Morgan fingerprint density at radius 3 is 3.09 bits per heavy atom. The molecule has 0 bridgehead atoms. The molecule has 0 amide bonds. The molecular weight excluding hydrogens is 296 g/mol. The molecule has 3 heterocycles. The lowest BCUT2D eigenvalue weighted by Gasteiger charge is -2.04. The van der Waals surface area contributed by atoms with Gasteiger partial charge in [0.05, 0.1) is 35.0 Å². The molecule has 0 aliphatic carbocycles. The van der Waals surface area contributed by atoms with Crippen molar-refractivity contribution in [1.29, 1.82) is 0 Å². The quantitative estimate of drug-likeness (QED) is 0.708. The molecule has 1 atom stereocenters. The van der Waals surface area contributed by atoms with Crippen LogP contribution in [0.1, 0.15) is 23.1 Å². The molecule has 0 saturated carbocycles. The molecule has 3 aromatic rings. The largest absolute Gasteiger partial charge is 0.467 e. The standard InChI is InChI=1S/C16H16N4OS/c1-3-12-14(7-10(2)17)22-16-13(9-19-20-15(12)16)18-8-11-5-4-6-21-11/h1,4-6,9-10H,7-8,17H2,2H3,(H,18,20)/t10-/m0/s1. The van der Waals surface area contributed by atoms with Crippen molar-refractivity contribution in [1.82, 2.24) is 10.2 Å².